The lowest BCUT2D eigenvalue weighted by Gasteiger charge is -2.21. The third-order valence-electron chi connectivity index (χ3n) is 5.14. The summed E-state index contributed by atoms with van der Waals surface area (Å²) >= 11 is 0. The molecule has 0 nitrogen and oxygen atoms in total. The third kappa shape index (κ3) is 0.791. The summed E-state index contributed by atoms with van der Waals surface area (Å²) in [6.07, 6.45) is 7.72. The fraction of sp³-hybridized carbons (Fsp3) is 1.00. The van der Waals surface area contributed by atoms with Gasteiger partial charge >= 0.3 is 0 Å². The van der Waals surface area contributed by atoms with Crippen molar-refractivity contribution in [2.24, 2.45) is 29.1 Å². The summed E-state index contributed by atoms with van der Waals surface area (Å²) in [5, 5.41) is 0. The quantitative estimate of drug-likeness (QED) is 0.586. The lowest BCUT2D eigenvalue weighted by Crippen LogP contribution is -2.14. The van der Waals surface area contributed by atoms with E-state index in [0.717, 1.165) is 17.3 Å². The molecule has 4 unspecified atom stereocenters. The second kappa shape index (κ2) is 2.08. The van der Waals surface area contributed by atoms with Crippen LogP contribution in [0.25, 0.3) is 0 Å². The smallest absolute Gasteiger partial charge is 0.0264 e. The molecule has 3 rings (SSSR count). The van der Waals surface area contributed by atoms with E-state index >= 15 is 0 Å². The largest absolute Gasteiger partial charge is 0.0651 e. The van der Waals surface area contributed by atoms with Crippen LogP contribution < -0.4 is 0 Å². The first kappa shape index (κ1) is 7.41. The van der Waals surface area contributed by atoms with Gasteiger partial charge in [0.2, 0.25) is 0 Å². The minimum Gasteiger partial charge on any atom is -0.0651 e. The molecule has 12 heavy (non-hydrogen) atoms. The Hall–Kier alpha value is 0. The third-order valence-corrected chi connectivity index (χ3v) is 5.14. The van der Waals surface area contributed by atoms with Gasteiger partial charge in [0.15, 0.2) is 0 Å². The molecule has 0 aliphatic heterocycles. The van der Waals surface area contributed by atoms with Crippen LogP contribution in [0, 0.1) is 29.1 Å². The van der Waals surface area contributed by atoms with E-state index in [9.17, 15) is 0 Å². The van der Waals surface area contributed by atoms with Crippen LogP contribution >= 0.6 is 0 Å². The van der Waals surface area contributed by atoms with Crippen molar-refractivity contribution in [3.63, 3.8) is 0 Å². The van der Waals surface area contributed by atoms with Crippen molar-refractivity contribution in [1.82, 2.24) is 0 Å². The van der Waals surface area contributed by atoms with E-state index < -0.39 is 0 Å². The highest BCUT2D eigenvalue weighted by Crippen LogP contribution is 2.70. The molecular formula is C12H20. The molecule has 0 heteroatoms. The van der Waals surface area contributed by atoms with Crippen LogP contribution in [0.15, 0.2) is 0 Å². The van der Waals surface area contributed by atoms with Crippen molar-refractivity contribution in [3.8, 4) is 0 Å². The molecule has 3 fully saturated rings. The second-order valence-corrected chi connectivity index (χ2v) is 5.66. The molecule has 0 aromatic carbocycles. The Morgan fingerprint density at radius 2 is 2.17 bits per heavy atom. The summed E-state index contributed by atoms with van der Waals surface area (Å²) in [5.41, 5.74) is 0.810. The van der Waals surface area contributed by atoms with Crippen molar-refractivity contribution >= 4 is 0 Å². The normalized spacial score (nSPS) is 61.5. The molecule has 0 radical (unpaired) electrons. The Morgan fingerprint density at radius 1 is 1.33 bits per heavy atom. The summed E-state index contributed by atoms with van der Waals surface area (Å²) in [7, 11) is 0. The Morgan fingerprint density at radius 3 is 2.58 bits per heavy atom. The van der Waals surface area contributed by atoms with Gasteiger partial charge in [0.25, 0.3) is 0 Å². The summed E-state index contributed by atoms with van der Waals surface area (Å²) in [5.74, 6) is 4.62. The highest BCUT2D eigenvalue weighted by molar-refractivity contribution is 5.11. The molecule has 0 spiro atoms. The molecule has 0 saturated heterocycles. The molecule has 68 valence electrons. The fourth-order valence-corrected chi connectivity index (χ4v) is 4.06. The predicted molar refractivity (Wildman–Crippen MR) is 50.8 cm³/mol. The van der Waals surface area contributed by atoms with Crippen molar-refractivity contribution in [1.29, 1.82) is 0 Å². The molecule has 5 atom stereocenters. The molecule has 3 saturated carbocycles. The van der Waals surface area contributed by atoms with Gasteiger partial charge in [0.05, 0.1) is 0 Å². The van der Waals surface area contributed by atoms with Crippen LogP contribution in [0.1, 0.15) is 46.0 Å². The first-order valence-corrected chi connectivity index (χ1v) is 5.75. The Labute approximate surface area is 75.7 Å². The zero-order valence-corrected chi connectivity index (χ0v) is 8.34. The van der Waals surface area contributed by atoms with Crippen LogP contribution in [0.3, 0.4) is 0 Å². The molecule has 3 aliphatic rings. The van der Waals surface area contributed by atoms with Crippen molar-refractivity contribution in [2.75, 3.05) is 0 Å². The minimum atomic E-state index is 0.810. The maximum Gasteiger partial charge on any atom is -0.0264 e. The van der Waals surface area contributed by atoms with Gasteiger partial charge in [-0.2, -0.15) is 0 Å². The highest BCUT2D eigenvalue weighted by Gasteiger charge is 2.62. The zero-order valence-electron chi connectivity index (χ0n) is 8.34. The summed E-state index contributed by atoms with van der Waals surface area (Å²) in [6, 6.07) is 0. The topological polar surface area (TPSA) is 0 Å². The van der Waals surface area contributed by atoms with Gasteiger partial charge in [-0.15, -0.1) is 0 Å². The van der Waals surface area contributed by atoms with E-state index in [0.29, 0.717) is 0 Å². The van der Waals surface area contributed by atoms with Crippen LogP contribution in [0.2, 0.25) is 0 Å². The van der Waals surface area contributed by atoms with Gasteiger partial charge in [-0.3, -0.25) is 0 Å². The average molecular weight is 164 g/mol. The van der Waals surface area contributed by atoms with Gasteiger partial charge in [-0.25, -0.2) is 0 Å². The first-order valence-electron chi connectivity index (χ1n) is 5.75. The zero-order chi connectivity index (χ0) is 8.34. The summed E-state index contributed by atoms with van der Waals surface area (Å²) in [6.45, 7) is 4.93. The fourth-order valence-electron chi connectivity index (χ4n) is 4.06. The predicted octanol–water partition coefficient (Wildman–Crippen LogP) is 3.47. The maximum atomic E-state index is 2.56. The number of hydrogen-bond donors (Lipinski definition) is 0. The standard InChI is InChI=1S/C12H20/c1-3-9-7-12(9,2)11-5-4-8-6-10(8)11/h8-11H,3-7H2,1-2H3/t8-,9?,10?,11?,12?/m0/s1. The molecule has 0 aromatic heterocycles. The van der Waals surface area contributed by atoms with E-state index in [2.05, 4.69) is 13.8 Å². The molecule has 3 aliphatic carbocycles. The van der Waals surface area contributed by atoms with Crippen LogP contribution in [0.5, 0.6) is 0 Å². The number of fused-ring (bicyclic) bond motifs is 1. The average Bonchev–Trinajstić information content (AvgIpc) is 2.94. The van der Waals surface area contributed by atoms with Gasteiger partial charge in [-0.1, -0.05) is 20.3 Å². The van der Waals surface area contributed by atoms with E-state index in [1.807, 2.05) is 0 Å². The van der Waals surface area contributed by atoms with Crippen molar-refractivity contribution in [2.45, 2.75) is 46.0 Å². The molecule has 0 heterocycles. The monoisotopic (exact) mass is 164 g/mol. The second-order valence-electron chi connectivity index (χ2n) is 5.66. The van der Waals surface area contributed by atoms with Gasteiger partial charge in [0.1, 0.15) is 0 Å². The summed E-state index contributed by atoms with van der Waals surface area (Å²) < 4.78 is 0. The molecule has 0 aromatic rings. The SMILES string of the molecule is CCC1CC1(C)C1CC[C@H]2CC12. The van der Waals surface area contributed by atoms with E-state index in [1.54, 1.807) is 25.7 Å². The molecular weight excluding hydrogens is 144 g/mol. The van der Waals surface area contributed by atoms with Crippen LogP contribution in [-0.4, -0.2) is 0 Å². The van der Waals surface area contributed by atoms with Gasteiger partial charge < -0.3 is 0 Å². The Kier molecular flexibility index (Phi) is 1.28. The van der Waals surface area contributed by atoms with Gasteiger partial charge in [0, 0.05) is 0 Å². The molecule has 0 bridgehead atoms. The Balaban J connectivity index is 1.73. The number of hydrogen-bond acceptors (Lipinski definition) is 0. The number of rotatable bonds is 2. The maximum absolute atomic E-state index is 2.56. The first-order chi connectivity index (χ1) is 5.75. The van der Waals surface area contributed by atoms with Crippen molar-refractivity contribution in [3.05, 3.63) is 0 Å². The lowest BCUT2D eigenvalue weighted by atomic mass is 9.84. The van der Waals surface area contributed by atoms with Gasteiger partial charge in [-0.05, 0) is 54.8 Å². The van der Waals surface area contributed by atoms with Crippen LogP contribution in [0.4, 0.5) is 0 Å². The minimum absolute atomic E-state index is 0.810. The van der Waals surface area contributed by atoms with Crippen LogP contribution in [-0.2, 0) is 0 Å². The lowest BCUT2D eigenvalue weighted by molar-refractivity contribution is 0.277. The van der Waals surface area contributed by atoms with Crippen molar-refractivity contribution < 1.29 is 0 Å². The van der Waals surface area contributed by atoms with E-state index in [4.69, 9.17) is 0 Å². The highest BCUT2D eigenvalue weighted by atomic mass is 14.7. The van der Waals surface area contributed by atoms with E-state index in [1.165, 1.54) is 18.3 Å². The molecule has 0 amide bonds. The Bertz CT molecular complexity index is 208. The summed E-state index contributed by atoms with van der Waals surface area (Å²) in [4.78, 5) is 0. The van der Waals surface area contributed by atoms with E-state index in [-0.39, 0.29) is 0 Å². The molecule has 0 N–H and O–H groups in total.